The first-order chi connectivity index (χ1) is 8.70. The predicted octanol–water partition coefficient (Wildman–Crippen LogP) is 3.03. The van der Waals surface area contributed by atoms with E-state index in [2.05, 4.69) is 24.1 Å². The van der Waals surface area contributed by atoms with Crippen molar-refractivity contribution in [2.75, 3.05) is 19.6 Å². The number of hydrogen-bond donors (Lipinski definition) is 1. The third-order valence-electron chi connectivity index (χ3n) is 5.95. The van der Waals surface area contributed by atoms with Gasteiger partial charge < -0.3 is 10.2 Å². The molecule has 1 N–H and O–H groups in total. The zero-order chi connectivity index (χ0) is 12.6. The van der Waals surface area contributed by atoms with E-state index in [1.165, 1.54) is 64.6 Å². The summed E-state index contributed by atoms with van der Waals surface area (Å²) in [5, 5.41) is 3.73. The minimum atomic E-state index is 0.641. The molecule has 18 heavy (non-hydrogen) atoms. The van der Waals surface area contributed by atoms with E-state index in [0.717, 1.165) is 18.0 Å². The smallest absolute Gasteiger partial charge is 0.0136 e. The van der Waals surface area contributed by atoms with Crippen LogP contribution in [0.2, 0.25) is 0 Å². The Bertz CT molecular complexity index is 277. The zero-order valence-electron chi connectivity index (χ0n) is 12.3. The topological polar surface area (TPSA) is 15.3 Å². The fraction of sp³-hybridized carbons (Fsp3) is 1.00. The van der Waals surface area contributed by atoms with Gasteiger partial charge in [-0.2, -0.15) is 0 Å². The highest BCUT2D eigenvalue weighted by Gasteiger charge is 2.39. The van der Waals surface area contributed by atoms with Gasteiger partial charge in [0.25, 0.3) is 0 Å². The molecule has 0 bridgehead atoms. The summed E-state index contributed by atoms with van der Waals surface area (Å²) >= 11 is 0. The number of rotatable bonds is 5. The zero-order valence-corrected chi connectivity index (χ0v) is 12.3. The number of nitrogens with zero attached hydrogens (tertiary/aromatic N) is 1. The molecule has 0 aromatic heterocycles. The Labute approximate surface area is 113 Å². The summed E-state index contributed by atoms with van der Waals surface area (Å²) in [6.07, 6.45) is 9.97. The number of nitrogens with one attached hydrogen (secondary N) is 1. The molecule has 2 saturated carbocycles. The van der Waals surface area contributed by atoms with Crippen LogP contribution < -0.4 is 5.32 Å². The number of piperidine rings is 1. The lowest BCUT2D eigenvalue weighted by molar-refractivity contribution is 0.0119. The van der Waals surface area contributed by atoms with Crippen LogP contribution in [0.3, 0.4) is 0 Å². The lowest BCUT2D eigenvalue weighted by Crippen LogP contribution is -2.54. The normalized spacial score (nSPS) is 36.3. The van der Waals surface area contributed by atoms with Crippen LogP contribution in [0.1, 0.15) is 58.8 Å². The Hall–Kier alpha value is -0.0800. The molecule has 0 aromatic carbocycles. The van der Waals surface area contributed by atoms with Gasteiger partial charge >= 0.3 is 0 Å². The van der Waals surface area contributed by atoms with Gasteiger partial charge in [-0.25, -0.2) is 0 Å². The SMILES string of the molecule is CCC1(C)CCN(C2CCC2CNC2CC2)CC1. The molecule has 1 aliphatic heterocycles. The van der Waals surface area contributed by atoms with Gasteiger partial charge in [0.2, 0.25) is 0 Å². The number of hydrogen-bond acceptors (Lipinski definition) is 2. The molecule has 2 aliphatic carbocycles. The highest BCUT2D eigenvalue weighted by atomic mass is 15.2. The summed E-state index contributed by atoms with van der Waals surface area (Å²) in [4.78, 5) is 2.81. The highest BCUT2D eigenvalue weighted by Crippen LogP contribution is 2.39. The van der Waals surface area contributed by atoms with Crippen LogP contribution in [0.4, 0.5) is 0 Å². The van der Waals surface area contributed by atoms with Crippen molar-refractivity contribution in [1.82, 2.24) is 10.2 Å². The molecular formula is C16H30N2. The Balaban J connectivity index is 1.44. The van der Waals surface area contributed by atoms with Crippen LogP contribution in [0.25, 0.3) is 0 Å². The maximum absolute atomic E-state index is 3.73. The van der Waals surface area contributed by atoms with E-state index in [1.807, 2.05) is 0 Å². The summed E-state index contributed by atoms with van der Waals surface area (Å²) in [5.41, 5.74) is 0.641. The molecule has 1 saturated heterocycles. The minimum absolute atomic E-state index is 0.641. The van der Waals surface area contributed by atoms with Crippen molar-refractivity contribution in [3.05, 3.63) is 0 Å². The van der Waals surface area contributed by atoms with Crippen molar-refractivity contribution in [2.45, 2.75) is 70.9 Å². The fourth-order valence-corrected chi connectivity index (χ4v) is 3.62. The summed E-state index contributed by atoms with van der Waals surface area (Å²) in [5.74, 6) is 0.955. The van der Waals surface area contributed by atoms with Gasteiger partial charge in [0, 0.05) is 12.1 Å². The van der Waals surface area contributed by atoms with Gasteiger partial charge in [-0.3, -0.25) is 0 Å². The van der Waals surface area contributed by atoms with E-state index in [-0.39, 0.29) is 0 Å². The van der Waals surface area contributed by atoms with Crippen LogP contribution in [0.5, 0.6) is 0 Å². The maximum Gasteiger partial charge on any atom is 0.0136 e. The standard InChI is InChI=1S/C16H30N2/c1-3-16(2)8-10-18(11-9-16)15-7-4-13(15)12-17-14-5-6-14/h13-15,17H,3-12H2,1-2H3. The van der Waals surface area contributed by atoms with Gasteiger partial charge in [-0.05, 0) is 69.5 Å². The lowest BCUT2D eigenvalue weighted by atomic mass is 9.74. The van der Waals surface area contributed by atoms with Crippen LogP contribution >= 0.6 is 0 Å². The molecule has 104 valence electrons. The molecule has 0 spiro atoms. The van der Waals surface area contributed by atoms with Crippen LogP contribution in [-0.4, -0.2) is 36.6 Å². The van der Waals surface area contributed by atoms with E-state index < -0.39 is 0 Å². The second-order valence-electron chi connectivity index (χ2n) is 7.29. The first-order valence-electron chi connectivity index (χ1n) is 8.18. The second-order valence-corrected chi connectivity index (χ2v) is 7.29. The van der Waals surface area contributed by atoms with Crippen molar-refractivity contribution >= 4 is 0 Å². The average molecular weight is 250 g/mol. The monoisotopic (exact) mass is 250 g/mol. The Morgan fingerprint density at radius 3 is 2.33 bits per heavy atom. The molecule has 0 radical (unpaired) electrons. The van der Waals surface area contributed by atoms with Gasteiger partial charge in [-0.15, -0.1) is 0 Å². The van der Waals surface area contributed by atoms with Gasteiger partial charge in [-0.1, -0.05) is 20.3 Å². The molecule has 3 fully saturated rings. The van der Waals surface area contributed by atoms with Crippen molar-refractivity contribution < 1.29 is 0 Å². The number of likely N-dealkylation sites (tertiary alicyclic amines) is 1. The quantitative estimate of drug-likeness (QED) is 0.807. The third-order valence-corrected chi connectivity index (χ3v) is 5.95. The summed E-state index contributed by atoms with van der Waals surface area (Å²) in [7, 11) is 0. The van der Waals surface area contributed by atoms with Crippen LogP contribution in [-0.2, 0) is 0 Å². The van der Waals surface area contributed by atoms with E-state index in [1.54, 1.807) is 0 Å². The van der Waals surface area contributed by atoms with E-state index in [9.17, 15) is 0 Å². The lowest BCUT2D eigenvalue weighted by Gasteiger charge is -2.49. The van der Waals surface area contributed by atoms with Gasteiger partial charge in [0.1, 0.15) is 0 Å². The second kappa shape index (κ2) is 5.13. The van der Waals surface area contributed by atoms with Crippen molar-refractivity contribution in [1.29, 1.82) is 0 Å². The first kappa shape index (κ1) is 12.9. The van der Waals surface area contributed by atoms with Crippen molar-refractivity contribution in [3.63, 3.8) is 0 Å². The summed E-state index contributed by atoms with van der Waals surface area (Å²) < 4.78 is 0. The van der Waals surface area contributed by atoms with E-state index in [4.69, 9.17) is 0 Å². The Kier molecular flexibility index (Phi) is 3.68. The molecule has 0 aromatic rings. The largest absolute Gasteiger partial charge is 0.314 e. The molecule has 2 nitrogen and oxygen atoms in total. The van der Waals surface area contributed by atoms with Crippen LogP contribution in [0.15, 0.2) is 0 Å². The van der Waals surface area contributed by atoms with Gasteiger partial charge in [0.15, 0.2) is 0 Å². The molecular weight excluding hydrogens is 220 g/mol. The molecule has 2 atom stereocenters. The summed E-state index contributed by atoms with van der Waals surface area (Å²) in [6.45, 7) is 8.85. The molecule has 0 amide bonds. The Morgan fingerprint density at radius 2 is 1.83 bits per heavy atom. The Morgan fingerprint density at radius 1 is 1.11 bits per heavy atom. The molecule has 3 rings (SSSR count). The minimum Gasteiger partial charge on any atom is -0.314 e. The van der Waals surface area contributed by atoms with Crippen LogP contribution in [0, 0.1) is 11.3 Å². The predicted molar refractivity (Wildman–Crippen MR) is 76.7 cm³/mol. The van der Waals surface area contributed by atoms with E-state index in [0.29, 0.717) is 5.41 Å². The molecule has 3 aliphatic rings. The third kappa shape index (κ3) is 2.75. The highest BCUT2D eigenvalue weighted by molar-refractivity contribution is 4.94. The molecule has 2 unspecified atom stereocenters. The van der Waals surface area contributed by atoms with Crippen molar-refractivity contribution in [2.24, 2.45) is 11.3 Å². The maximum atomic E-state index is 3.73. The summed E-state index contributed by atoms with van der Waals surface area (Å²) in [6, 6.07) is 1.80. The average Bonchev–Trinajstić information content (AvgIpc) is 3.15. The van der Waals surface area contributed by atoms with Gasteiger partial charge in [0.05, 0.1) is 0 Å². The van der Waals surface area contributed by atoms with E-state index >= 15 is 0 Å². The van der Waals surface area contributed by atoms with Crippen molar-refractivity contribution in [3.8, 4) is 0 Å². The fourth-order valence-electron chi connectivity index (χ4n) is 3.62. The first-order valence-corrected chi connectivity index (χ1v) is 8.18. The molecule has 1 heterocycles. The molecule has 2 heteroatoms.